The van der Waals surface area contributed by atoms with Crippen molar-refractivity contribution < 1.29 is 9.53 Å². The largest absolute Gasteiger partial charge is 0.487 e. The Morgan fingerprint density at radius 1 is 1.12 bits per heavy atom. The molecule has 0 bridgehead atoms. The number of rotatable bonds is 5. The number of nitrogens with zero attached hydrogens (tertiary/aromatic N) is 1. The highest BCUT2D eigenvalue weighted by Gasteiger charge is 2.24. The number of carbonyl (C=O) groups is 1. The molecule has 4 nitrogen and oxygen atoms in total. The van der Waals surface area contributed by atoms with Crippen molar-refractivity contribution in [2.45, 2.75) is 6.61 Å². The fourth-order valence-corrected chi connectivity index (χ4v) is 6.16. The van der Waals surface area contributed by atoms with Crippen molar-refractivity contribution in [2.75, 3.05) is 0 Å². The van der Waals surface area contributed by atoms with Gasteiger partial charge in [-0.25, -0.2) is 4.99 Å². The zero-order valence-electron chi connectivity index (χ0n) is 16.5. The first-order chi connectivity index (χ1) is 15.8. The van der Waals surface area contributed by atoms with Crippen LogP contribution < -0.4 is 10.1 Å². The van der Waals surface area contributed by atoms with Gasteiger partial charge < -0.3 is 10.1 Å². The topological polar surface area (TPSA) is 50.7 Å². The smallest absolute Gasteiger partial charge is 0.264 e. The highest BCUT2D eigenvalue weighted by atomic mass is 127. The number of hydrogen-bond acceptors (Lipinski definition) is 4. The highest BCUT2D eigenvalue weighted by molar-refractivity contribution is 14.1. The predicted molar refractivity (Wildman–Crippen MR) is 158 cm³/mol. The Morgan fingerprint density at radius 3 is 2.61 bits per heavy atom. The number of amides is 1. The van der Waals surface area contributed by atoms with E-state index in [1.807, 2.05) is 30.3 Å². The zero-order chi connectivity index (χ0) is 23.5. The molecule has 1 fully saturated rings. The molecule has 0 aromatic heterocycles. The Bertz CT molecular complexity index is 1280. The summed E-state index contributed by atoms with van der Waals surface area (Å²) in [6.07, 6.45) is 1.82. The minimum absolute atomic E-state index is 0.220. The molecule has 1 aliphatic heterocycles. The summed E-state index contributed by atoms with van der Waals surface area (Å²) in [7, 11) is 0. The second-order valence-electron chi connectivity index (χ2n) is 6.78. The summed E-state index contributed by atoms with van der Waals surface area (Å²) in [5.41, 5.74) is 2.46. The second kappa shape index (κ2) is 11.3. The standard InChI is InChI=1S/C23H13BrCl2I2N2O2S/c24-15-8-13(9-17(28)21(15)32-11-12-4-6-14(27)7-5-12)10-19-22(31)30-23(33-19)29-18-3-1-2-16(25)20(18)26/h1-10H,11H2,(H,29,30,31)/b19-10-. The normalized spacial score (nSPS) is 15.8. The van der Waals surface area contributed by atoms with Crippen molar-refractivity contribution in [2.24, 2.45) is 4.99 Å². The summed E-state index contributed by atoms with van der Waals surface area (Å²) in [6.45, 7) is 0.468. The van der Waals surface area contributed by atoms with Crippen molar-refractivity contribution in [3.8, 4) is 5.75 Å². The fraction of sp³-hybridized carbons (Fsp3) is 0.0435. The van der Waals surface area contributed by atoms with Gasteiger partial charge in [0.2, 0.25) is 0 Å². The van der Waals surface area contributed by atoms with Crippen LogP contribution in [0.4, 0.5) is 5.69 Å². The first kappa shape index (κ1) is 25.3. The van der Waals surface area contributed by atoms with Crippen molar-refractivity contribution >= 4 is 119 Å². The van der Waals surface area contributed by atoms with Gasteiger partial charge in [-0.1, -0.05) is 41.4 Å². The molecule has 0 aliphatic carbocycles. The number of carbonyl (C=O) groups excluding carboxylic acids is 1. The van der Waals surface area contributed by atoms with Crippen LogP contribution in [-0.2, 0) is 11.4 Å². The Hall–Kier alpha value is -0.790. The molecule has 168 valence electrons. The molecule has 1 N–H and O–H groups in total. The van der Waals surface area contributed by atoms with Crippen LogP contribution in [0.15, 0.2) is 69.0 Å². The molecule has 1 amide bonds. The van der Waals surface area contributed by atoms with E-state index in [0.29, 0.717) is 32.4 Å². The molecule has 1 saturated heterocycles. The number of hydrogen-bond donors (Lipinski definition) is 1. The van der Waals surface area contributed by atoms with Gasteiger partial charge in [0, 0.05) is 3.57 Å². The molecule has 33 heavy (non-hydrogen) atoms. The van der Waals surface area contributed by atoms with Crippen molar-refractivity contribution in [3.05, 3.63) is 92.3 Å². The lowest BCUT2D eigenvalue weighted by molar-refractivity contribution is -0.115. The molecule has 1 heterocycles. The van der Waals surface area contributed by atoms with Gasteiger partial charge in [0.1, 0.15) is 12.4 Å². The third-order valence-corrected chi connectivity index (χ3v) is 8.25. The summed E-state index contributed by atoms with van der Waals surface area (Å²) in [5, 5.41) is 3.97. The summed E-state index contributed by atoms with van der Waals surface area (Å²) in [4.78, 5) is 17.4. The van der Waals surface area contributed by atoms with E-state index in [9.17, 15) is 4.79 Å². The minimum atomic E-state index is -0.220. The summed E-state index contributed by atoms with van der Waals surface area (Å²) in [6, 6.07) is 17.3. The van der Waals surface area contributed by atoms with Crippen LogP contribution in [0.3, 0.4) is 0 Å². The van der Waals surface area contributed by atoms with Crippen LogP contribution in [0.1, 0.15) is 11.1 Å². The van der Waals surface area contributed by atoms with Crippen LogP contribution in [-0.4, -0.2) is 11.1 Å². The molecule has 1 aliphatic rings. The number of halogens is 5. The maximum Gasteiger partial charge on any atom is 0.264 e. The van der Waals surface area contributed by atoms with Gasteiger partial charge in [-0.15, -0.1) is 0 Å². The van der Waals surface area contributed by atoms with E-state index in [1.54, 1.807) is 18.2 Å². The van der Waals surface area contributed by atoms with E-state index in [4.69, 9.17) is 27.9 Å². The maximum atomic E-state index is 12.5. The monoisotopic (exact) mass is 784 g/mol. The molecule has 0 unspecified atom stereocenters. The molecule has 0 radical (unpaired) electrons. The SMILES string of the molecule is O=C1NC(=Nc2cccc(Cl)c2Cl)S/C1=C\c1cc(Br)c(OCc2ccc(I)cc2)c(I)c1. The van der Waals surface area contributed by atoms with Gasteiger partial charge in [-0.05, 0) is 126 Å². The minimum Gasteiger partial charge on any atom is -0.487 e. The first-order valence-electron chi connectivity index (χ1n) is 9.40. The number of aliphatic imine (C=N–C) groups is 1. The quantitative estimate of drug-likeness (QED) is 0.209. The molecule has 0 saturated carbocycles. The average molecular weight is 786 g/mol. The third kappa shape index (κ3) is 6.46. The van der Waals surface area contributed by atoms with Crippen molar-refractivity contribution in [1.82, 2.24) is 5.32 Å². The molecule has 10 heteroatoms. The van der Waals surface area contributed by atoms with E-state index in [-0.39, 0.29) is 5.91 Å². The van der Waals surface area contributed by atoms with Gasteiger partial charge in [0.25, 0.3) is 5.91 Å². The number of ether oxygens (including phenoxy) is 1. The predicted octanol–water partition coefficient (Wildman–Crippen LogP) is 8.44. The lowest BCUT2D eigenvalue weighted by Crippen LogP contribution is -2.19. The molecule has 0 spiro atoms. The van der Waals surface area contributed by atoms with Crippen LogP contribution in [0.2, 0.25) is 10.0 Å². The number of amidine groups is 1. The lowest BCUT2D eigenvalue weighted by Gasteiger charge is -2.12. The Kier molecular flexibility index (Phi) is 8.66. The van der Waals surface area contributed by atoms with Crippen LogP contribution >= 0.6 is 96.1 Å². The Labute approximate surface area is 241 Å². The van der Waals surface area contributed by atoms with E-state index in [1.165, 1.54) is 15.3 Å². The van der Waals surface area contributed by atoms with E-state index in [2.05, 4.69) is 83.6 Å². The molecule has 3 aromatic rings. The van der Waals surface area contributed by atoms with Gasteiger partial charge in [0.15, 0.2) is 5.17 Å². The molecule has 3 aromatic carbocycles. The van der Waals surface area contributed by atoms with Gasteiger partial charge >= 0.3 is 0 Å². The van der Waals surface area contributed by atoms with Gasteiger partial charge in [0.05, 0.1) is 28.7 Å². The molecular weight excluding hydrogens is 773 g/mol. The summed E-state index contributed by atoms with van der Waals surface area (Å²) in [5.74, 6) is 0.541. The number of benzene rings is 3. The average Bonchev–Trinajstić information content (AvgIpc) is 3.10. The zero-order valence-corrected chi connectivity index (χ0v) is 24.8. The summed E-state index contributed by atoms with van der Waals surface area (Å²) >= 11 is 21.6. The Balaban J connectivity index is 1.51. The van der Waals surface area contributed by atoms with E-state index in [0.717, 1.165) is 24.9 Å². The number of nitrogens with one attached hydrogen (secondary N) is 1. The summed E-state index contributed by atoms with van der Waals surface area (Å²) < 4.78 is 8.97. The van der Waals surface area contributed by atoms with Gasteiger partial charge in [-0.3, -0.25) is 4.79 Å². The molecule has 0 atom stereocenters. The highest BCUT2D eigenvalue weighted by Crippen LogP contribution is 2.36. The first-order valence-corrected chi connectivity index (χ1v) is 13.9. The second-order valence-corrected chi connectivity index (χ2v) is 11.9. The number of thioether (sulfide) groups is 1. The lowest BCUT2D eigenvalue weighted by atomic mass is 10.2. The third-order valence-electron chi connectivity index (χ3n) is 4.42. The van der Waals surface area contributed by atoms with Crippen LogP contribution in [0.5, 0.6) is 5.75 Å². The Morgan fingerprint density at radius 2 is 1.88 bits per heavy atom. The molecule has 4 rings (SSSR count). The van der Waals surface area contributed by atoms with Gasteiger partial charge in [-0.2, -0.15) is 0 Å². The molecular formula is C23H13BrCl2I2N2O2S. The van der Waals surface area contributed by atoms with Crippen LogP contribution in [0, 0.1) is 7.14 Å². The van der Waals surface area contributed by atoms with Crippen molar-refractivity contribution in [1.29, 1.82) is 0 Å². The van der Waals surface area contributed by atoms with Crippen LogP contribution in [0.25, 0.3) is 6.08 Å². The maximum absolute atomic E-state index is 12.5. The fourth-order valence-electron chi connectivity index (χ4n) is 2.86. The van der Waals surface area contributed by atoms with Crippen molar-refractivity contribution in [3.63, 3.8) is 0 Å². The van der Waals surface area contributed by atoms with E-state index < -0.39 is 0 Å². The van der Waals surface area contributed by atoms with E-state index >= 15 is 0 Å².